The maximum atomic E-state index is 11.0. The number of hydrogen-bond acceptors (Lipinski definition) is 4. The first kappa shape index (κ1) is 13.0. The third-order valence-electron chi connectivity index (χ3n) is 2.84. The average molecular weight is 259 g/mol. The van der Waals surface area contributed by atoms with Gasteiger partial charge in [-0.1, -0.05) is 24.3 Å². The topological polar surface area (TPSA) is 72.6 Å². The molecule has 1 atom stereocenters. The molecule has 1 unspecified atom stereocenters. The summed E-state index contributed by atoms with van der Waals surface area (Å²) >= 11 is 0. The quantitative estimate of drug-likeness (QED) is 0.676. The molecule has 19 heavy (non-hydrogen) atoms. The fourth-order valence-corrected chi connectivity index (χ4v) is 1.88. The second-order valence-corrected chi connectivity index (χ2v) is 4.00. The summed E-state index contributed by atoms with van der Waals surface area (Å²) in [6.45, 7) is 0. The van der Waals surface area contributed by atoms with Crippen molar-refractivity contribution in [2.24, 2.45) is 0 Å². The van der Waals surface area contributed by atoms with Gasteiger partial charge in [0.25, 0.3) is 5.69 Å². The summed E-state index contributed by atoms with van der Waals surface area (Å²) in [6.07, 6.45) is -1.06. The predicted octanol–water partition coefficient (Wildman–Crippen LogP) is 2.69. The molecule has 0 saturated carbocycles. The maximum absolute atomic E-state index is 11.0. The molecule has 0 fully saturated rings. The monoisotopic (exact) mass is 259 g/mol. The third kappa shape index (κ3) is 2.71. The molecule has 2 rings (SSSR count). The normalized spacial score (nSPS) is 11.9. The number of ether oxygens (including phenoxy) is 1. The second kappa shape index (κ2) is 5.49. The number of rotatable bonds is 4. The van der Waals surface area contributed by atoms with E-state index in [1.807, 2.05) is 0 Å². The Morgan fingerprint density at radius 3 is 2.63 bits per heavy atom. The van der Waals surface area contributed by atoms with Crippen LogP contribution in [0.15, 0.2) is 48.5 Å². The van der Waals surface area contributed by atoms with Crippen LogP contribution in [0.2, 0.25) is 0 Å². The van der Waals surface area contributed by atoms with Crippen LogP contribution in [0.3, 0.4) is 0 Å². The Morgan fingerprint density at radius 2 is 1.95 bits per heavy atom. The zero-order valence-electron chi connectivity index (χ0n) is 10.3. The summed E-state index contributed by atoms with van der Waals surface area (Å²) < 4.78 is 5.07. The molecule has 0 spiro atoms. The van der Waals surface area contributed by atoms with Gasteiger partial charge in [0.15, 0.2) is 0 Å². The number of hydrogen-bond donors (Lipinski definition) is 1. The third-order valence-corrected chi connectivity index (χ3v) is 2.84. The molecular formula is C14H13NO4. The number of nitrogens with zero attached hydrogens (tertiary/aromatic N) is 1. The predicted molar refractivity (Wildman–Crippen MR) is 70.2 cm³/mol. The van der Waals surface area contributed by atoms with E-state index in [-0.39, 0.29) is 11.3 Å². The van der Waals surface area contributed by atoms with E-state index in [1.165, 1.54) is 13.2 Å². The minimum absolute atomic E-state index is 0.0992. The maximum Gasteiger partial charge on any atom is 0.275 e. The summed E-state index contributed by atoms with van der Waals surface area (Å²) in [4.78, 5) is 10.4. The van der Waals surface area contributed by atoms with Gasteiger partial charge in [-0.3, -0.25) is 10.1 Å². The Kier molecular flexibility index (Phi) is 3.77. The summed E-state index contributed by atoms with van der Waals surface area (Å²) in [5.41, 5.74) is 0.715. The van der Waals surface area contributed by atoms with Crippen LogP contribution < -0.4 is 4.74 Å². The number of aliphatic hydroxyl groups excluding tert-OH is 1. The van der Waals surface area contributed by atoms with Crippen molar-refractivity contribution in [2.75, 3.05) is 7.11 Å². The summed E-state index contributed by atoms with van der Waals surface area (Å²) in [5, 5.41) is 21.2. The first-order valence-corrected chi connectivity index (χ1v) is 5.69. The van der Waals surface area contributed by atoms with Gasteiger partial charge < -0.3 is 9.84 Å². The molecule has 0 bridgehead atoms. The molecule has 0 aliphatic carbocycles. The van der Waals surface area contributed by atoms with Crippen LogP contribution in [0.4, 0.5) is 5.69 Å². The van der Waals surface area contributed by atoms with Gasteiger partial charge >= 0.3 is 0 Å². The fraction of sp³-hybridized carbons (Fsp3) is 0.143. The van der Waals surface area contributed by atoms with E-state index < -0.39 is 11.0 Å². The van der Waals surface area contributed by atoms with Crippen LogP contribution in [0, 0.1) is 10.1 Å². The van der Waals surface area contributed by atoms with E-state index in [1.54, 1.807) is 42.5 Å². The first-order chi connectivity index (χ1) is 9.13. The number of benzene rings is 2. The number of nitro groups is 1. The summed E-state index contributed by atoms with van der Waals surface area (Å²) in [5.74, 6) is 0.593. The smallest absolute Gasteiger partial charge is 0.275 e. The van der Waals surface area contributed by atoms with Crippen LogP contribution >= 0.6 is 0 Å². The summed E-state index contributed by atoms with van der Waals surface area (Å²) in [6, 6.07) is 13.0. The highest BCUT2D eigenvalue weighted by atomic mass is 16.6. The molecule has 0 radical (unpaired) electrons. The van der Waals surface area contributed by atoms with Crippen molar-refractivity contribution in [2.45, 2.75) is 6.10 Å². The van der Waals surface area contributed by atoms with Gasteiger partial charge in [-0.05, 0) is 23.8 Å². The lowest BCUT2D eigenvalue weighted by molar-refractivity contribution is -0.386. The Balaban J connectivity index is 2.43. The minimum atomic E-state index is -1.06. The van der Waals surface area contributed by atoms with Gasteiger partial charge in [0.1, 0.15) is 11.9 Å². The van der Waals surface area contributed by atoms with Crippen LogP contribution in [0.25, 0.3) is 0 Å². The van der Waals surface area contributed by atoms with Crippen LogP contribution in [0.5, 0.6) is 5.75 Å². The average Bonchev–Trinajstić information content (AvgIpc) is 2.46. The lowest BCUT2D eigenvalue weighted by Gasteiger charge is -2.12. The summed E-state index contributed by atoms with van der Waals surface area (Å²) in [7, 11) is 1.52. The molecule has 98 valence electrons. The molecule has 2 aromatic carbocycles. The van der Waals surface area contributed by atoms with Gasteiger partial charge in [0.2, 0.25) is 0 Å². The van der Waals surface area contributed by atoms with E-state index in [0.29, 0.717) is 11.3 Å². The van der Waals surface area contributed by atoms with Gasteiger partial charge in [-0.2, -0.15) is 0 Å². The van der Waals surface area contributed by atoms with Crippen LogP contribution in [0.1, 0.15) is 17.2 Å². The minimum Gasteiger partial charge on any atom is -0.497 e. The molecule has 0 saturated heterocycles. The second-order valence-electron chi connectivity index (χ2n) is 4.00. The van der Waals surface area contributed by atoms with Gasteiger partial charge in [-0.15, -0.1) is 0 Å². The lowest BCUT2D eigenvalue weighted by atomic mass is 10.00. The lowest BCUT2D eigenvalue weighted by Crippen LogP contribution is -2.04. The SMILES string of the molecule is COc1cccc(C(O)c2ccccc2[N+](=O)[O-])c1. The number of para-hydroxylation sites is 1. The molecule has 5 heteroatoms. The van der Waals surface area contributed by atoms with E-state index in [9.17, 15) is 15.2 Å². The van der Waals surface area contributed by atoms with Crippen molar-refractivity contribution in [3.05, 3.63) is 69.8 Å². The van der Waals surface area contributed by atoms with E-state index in [0.717, 1.165) is 0 Å². The largest absolute Gasteiger partial charge is 0.497 e. The zero-order chi connectivity index (χ0) is 13.8. The van der Waals surface area contributed by atoms with E-state index in [2.05, 4.69) is 0 Å². The molecular weight excluding hydrogens is 246 g/mol. The van der Waals surface area contributed by atoms with Crippen molar-refractivity contribution >= 4 is 5.69 Å². The van der Waals surface area contributed by atoms with Crippen molar-refractivity contribution < 1.29 is 14.8 Å². The fourth-order valence-electron chi connectivity index (χ4n) is 1.88. The first-order valence-electron chi connectivity index (χ1n) is 5.69. The van der Waals surface area contributed by atoms with Crippen LogP contribution in [-0.4, -0.2) is 17.1 Å². The molecule has 2 aromatic rings. The number of nitro benzene ring substituents is 1. The molecule has 0 aliphatic rings. The molecule has 1 N–H and O–H groups in total. The van der Waals surface area contributed by atoms with Crippen molar-refractivity contribution in [1.82, 2.24) is 0 Å². The van der Waals surface area contributed by atoms with Crippen molar-refractivity contribution in [3.63, 3.8) is 0 Å². The highest BCUT2D eigenvalue weighted by Crippen LogP contribution is 2.30. The molecule has 0 heterocycles. The Bertz CT molecular complexity index is 598. The number of methoxy groups -OCH3 is 1. The highest BCUT2D eigenvalue weighted by Gasteiger charge is 2.21. The van der Waals surface area contributed by atoms with Gasteiger partial charge in [0, 0.05) is 6.07 Å². The molecule has 0 aliphatic heterocycles. The molecule has 0 aromatic heterocycles. The molecule has 0 amide bonds. The zero-order valence-corrected chi connectivity index (χ0v) is 10.3. The Hall–Kier alpha value is -2.40. The van der Waals surface area contributed by atoms with Gasteiger partial charge in [0.05, 0.1) is 17.6 Å². The van der Waals surface area contributed by atoms with Crippen LogP contribution in [-0.2, 0) is 0 Å². The highest BCUT2D eigenvalue weighted by molar-refractivity contribution is 5.46. The van der Waals surface area contributed by atoms with Gasteiger partial charge in [-0.25, -0.2) is 0 Å². The van der Waals surface area contributed by atoms with Crippen molar-refractivity contribution in [1.29, 1.82) is 0 Å². The Morgan fingerprint density at radius 1 is 1.21 bits per heavy atom. The number of aliphatic hydroxyl groups is 1. The van der Waals surface area contributed by atoms with E-state index in [4.69, 9.17) is 4.74 Å². The molecule has 5 nitrogen and oxygen atoms in total. The van der Waals surface area contributed by atoms with E-state index >= 15 is 0 Å². The standard InChI is InChI=1S/C14H13NO4/c1-19-11-6-4-5-10(9-11)14(16)12-7-2-3-8-13(12)15(17)18/h2-9,14,16H,1H3. The Labute approximate surface area is 110 Å². The van der Waals surface area contributed by atoms with Crippen molar-refractivity contribution in [3.8, 4) is 5.75 Å².